The van der Waals surface area contributed by atoms with Gasteiger partial charge in [-0.15, -0.1) is 0 Å². The molecule has 122 valence electrons. The summed E-state index contributed by atoms with van der Waals surface area (Å²) in [7, 11) is 0. The highest BCUT2D eigenvalue weighted by Gasteiger charge is 2.01. The Labute approximate surface area is 137 Å². The maximum atomic E-state index is 5.94. The van der Waals surface area contributed by atoms with E-state index < -0.39 is 0 Å². The molecule has 3 N–H and O–H groups in total. The van der Waals surface area contributed by atoms with E-state index in [0.717, 1.165) is 11.3 Å². The smallest absolute Gasteiger partial charge is 0.213 e. The Bertz CT molecular complexity index is 658. The van der Waals surface area contributed by atoms with Crippen LogP contribution in [0.5, 0.6) is 5.88 Å². The molecule has 1 aromatic heterocycles. The fraction of sp³-hybridized carbons (Fsp3) is 0.333. The summed E-state index contributed by atoms with van der Waals surface area (Å²) in [6.45, 7) is 8.52. The van der Waals surface area contributed by atoms with Gasteiger partial charge in [0.2, 0.25) is 5.88 Å². The number of guanidine groups is 1. The fourth-order valence-corrected chi connectivity index (χ4v) is 2.23. The van der Waals surface area contributed by atoms with Crippen LogP contribution >= 0.6 is 0 Å². The third kappa shape index (κ3) is 5.62. The molecule has 2 aromatic rings. The standard InChI is InChI=1S/C18H24N4O/c1-12(2)23-17-6-5-15(10-20-17)11-21-18(19)22-16-8-13(3)7-14(4)9-16/h5-10,12H,11H2,1-4H3,(H3,19,21,22). The van der Waals surface area contributed by atoms with Gasteiger partial charge in [-0.05, 0) is 56.5 Å². The molecule has 0 bridgehead atoms. The van der Waals surface area contributed by atoms with Crippen LogP contribution in [-0.2, 0) is 6.54 Å². The van der Waals surface area contributed by atoms with E-state index in [-0.39, 0.29) is 6.10 Å². The monoisotopic (exact) mass is 312 g/mol. The Morgan fingerprint density at radius 1 is 1.22 bits per heavy atom. The largest absolute Gasteiger partial charge is 0.475 e. The van der Waals surface area contributed by atoms with Crippen molar-refractivity contribution in [2.45, 2.75) is 40.3 Å². The summed E-state index contributed by atoms with van der Waals surface area (Å²) in [6, 6.07) is 9.98. The van der Waals surface area contributed by atoms with Crippen molar-refractivity contribution in [3.8, 4) is 5.88 Å². The van der Waals surface area contributed by atoms with Crippen molar-refractivity contribution in [1.82, 2.24) is 4.98 Å². The second-order valence-corrected chi connectivity index (χ2v) is 5.87. The molecule has 5 nitrogen and oxygen atoms in total. The first-order chi connectivity index (χ1) is 10.9. The maximum absolute atomic E-state index is 5.94. The van der Waals surface area contributed by atoms with Gasteiger partial charge in [0.25, 0.3) is 0 Å². The Kier molecular flexibility index (Phi) is 5.57. The van der Waals surface area contributed by atoms with Crippen LogP contribution in [0, 0.1) is 13.8 Å². The molecule has 1 heterocycles. The van der Waals surface area contributed by atoms with Crippen molar-refractivity contribution < 1.29 is 4.74 Å². The van der Waals surface area contributed by atoms with Gasteiger partial charge >= 0.3 is 0 Å². The number of ether oxygens (including phenoxy) is 1. The van der Waals surface area contributed by atoms with Gasteiger partial charge in [0.05, 0.1) is 12.6 Å². The van der Waals surface area contributed by atoms with E-state index in [2.05, 4.69) is 35.2 Å². The van der Waals surface area contributed by atoms with Crippen LogP contribution < -0.4 is 15.8 Å². The molecule has 1 aromatic carbocycles. The number of nitrogens with one attached hydrogen (secondary N) is 1. The minimum atomic E-state index is 0.115. The summed E-state index contributed by atoms with van der Waals surface area (Å²) in [5.74, 6) is 1.01. The lowest BCUT2D eigenvalue weighted by Crippen LogP contribution is -2.22. The van der Waals surface area contributed by atoms with E-state index >= 15 is 0 Å². The molecule has 0 aliphatic carbocycles. The first kappa shape index (κ1) is 16.8. The van der Waals surface area contributed by atoms with E-state index in [9.17, 15) is 0 Å². The quantitative estimate of drug-likeness (QED) is 0.655. The van der Waals surface area contributed by atoms with E-state index in [0.29, 0.717) is 18.4 Å². The lowest BCUT2D eigenvalue weighted by molar-refractivity contribution is 0.232. The van der Waals surface area contributed by atoms with Gasteiger partial charge in [-0.3, -0.25) is 0 Å². The Morgan fingerprint density at radius 3 is 2.48 bits per heavy atom. The molecular formula is C18H24N4O. The molecule has 0 aliphatic rings. The van der Waals surface area contributed by atoms with Crippen molar-refractivity contribution in [2.75, 3.05) is 5.32 Å². The molecule has 0 saturated carbocycles. The number of rotatable bonds is 5. The fourth-order valence-electron chi connectivity index (χ4n) is 2.23. The van der Waals surface area contributed by atoms with Crippen LogP contribution in [0.4, 0.5) is 5.69 Å². The van der Waals surface area contributed by atoms with E-state index in [4.69, 9.17) is 10.5 Å². The Hall–Kier alpha value is -2.56. The molecule has 0 radical (unpaired) electrons. The van der Waals surface area contributed by atoms with Gasteiger partial charge in [0, 0.05) is 18.0 Å². The van der Waals surface area contributed by atoms with Crippen molar-refractivity contribution in [2.24, 2.45) is 10.7 Å². The van der Waals surface area contributed by atoms with Crippen LogP contribution in [0.25, 0.3) is 0 Å². The van der Waals surface area contributed by atoms with Crippen molar-refractivity contribution >= 4 is 11.6 Å². The highest BCUT2D eigenvalue weighted by Crippen LogP contribution is 2.14. The molecule has 0 atom stereocenters. The molecule has 2 rings (SSSR count). The van der Waals surface area contributed by atoms with Crippen LogP contribution in [-0.4, -0.2) is 17.0 Å². The zero-order valence-electron chi connectivity index (χ0n) is 14.1. The molecular weight excluding hydrogens is 288 g/mol. The van der Waals surface area contributed by atoms with Gasteiger partial charge < -0.3 is 15.8 Å². The van der Waals surface area contributed by atoms with Gasteiger partial charge in [-0.2, -0.15) is 0 Å². The predicted molar refractivity (Wildman–Crippen MR) is 94.9 cm³/mol. The summed E-state index contributed by atoms with van der Waals surface area (Å²) >= 11 is 0. The number of anilines is 1. The number of nitrogens with zero attached hydrogens (tertiary/aromatic N) is 2. The molecule has 23 heavy (non-hydrogen) atoms. The van der Waals surface area contributed by atoms with Crippen LogP contribution in [0.15, 0.2) is 41.5 Å². The van der Waals surface area contributed by atoms with Gasteiger partial charge in [0.1, 0.15) is 0 Å². The van der Waals surface area contributed by atoms with Gasteiger partial charge in [-0.1, -0.05) is 12.1 Å². The SMILES string of the molecule is Cc1cc(C)cc(NC(N)=NCc2ccc(OC(C)C)nc2)c1. The van der Waals surface area contributed by atoms with Gasteiger partial charge in [-0.25, -0.2) is 9.98 Å². The van der Waals surface area contributed by atoms with Crippen LogP contribution in [0.3, 0.4) is 0 Å². The molecule has 0 unspecified atom stereocenters. The van der Waals surface area contributed by atoms with E-state index in [1.54, 1.807) is 6.20 Å². The maximum Gasteiger partial charge on any atom is 0.213 e. The molecule has 0 spiro atoms. The number of pyridine rings is 1. The Morgan fingerprint density at radius 2 is 1.91 bits per heavy atom. The number of nitrogens with two attached hydrogens (primary N) is 1. The van der Waals surface area contributed by atoms with Crippen molar-refractivity contribution in [1.29, 1.82) is 0 Å². The molecule has 0 fully saturated rings. The summed E-state index contributed by atoms with van der Waals surface area (Å²) in [5, 5.41) is 3.11. The minimum absolute atomic E-state index is 0.115. The zero-order valence-corrected chi connectivity index (χ0v) is 14.1. The summed E-state index contributed by atoms with van der Waals surface area (Å²) < 4.78 is 5.51. The number of hydrogen-bond acceptors (Lipinski definition) is 3. The highest BCUT2D eigenvalue weighted by molar-refractivity contribution is 5.92. The molecule has 0 aliphatic heterocycles. The number of hydrogen-bond donors (Lipinski definition) is 2. The first-order valence-corrected chi connectivity index (χ1v) is 7.69. The lowest BCUT2D eigenvalue weighted by atomic mass is 10.1. The number of aliphatic imine (C=N–C) groups is 1. The normalized spacial score (nSPS) is 11.6. The van der Waals surface area contributed by atoms with E-state index in [1.807, 2.05) is 38.1 Å². The van der Waals surface area contributed by atoms with E-state index in [1.165, 1.54) is 11.1 Å². The minimum Gasteiger partial charge on any atom is -0.475 e. The molecule has 5 heteroatoms. The average Bonchev–Trinajstić information content (AvgIpc) is 2.45. The number of aromatic nitrogens is 1. The second kappa shape index (κ2) is 7.63. The lowest BCUT2D eigenvalue weighted by Gasteiger charge is -2.09. The second-order valence-electron chi connectivity index (χ2n) is 5.87. The first-order valence-electron chi connectivity index (χ1n) is 7.69. The summed E-state index contributed by atoms with van der Waals surface area (Å²) in [6.07, 6.45) is 1.87. The number of benzene rings is 1. The van der Waals surface area contributed by atoms with Gasteiger partial charge in [0.15, 0.2) is 5.96 Å². The van der Waals surface area contributed by atoms with Crippen LogP contribution in [0.2, 0.25) is 0 Å². The highest BCUT2D eigenvalue weighted by atomic mass is 16.5. The molecule has 0 saturated heterocycles. The number of aryl methyl sites for hydroxylation is 2. The molecule has 0 amide bonds. The average molecular weight is 312 g/mol. The zero-order chi connectivity index (χ0) is 16.8. The summed E-state index contributed by atoms with van der Waals surface area (Å²) in [4.78, 5) is 8.59. The summed E-state index contributed by atoms with van der Waals surface area (Å²) in [5.41, 5.74) is 10.2. The predicted octanol–water partition coefficient (Wildman–Crippen LogP) is 3.41. The van der Waals surface area contributed by atoms with Crippen molar-refractivity contribution in [3.63, 3.8) is 0 Å². The third-order valence-electron chi connectivity index (χ3n) is 3.08. The Balaban J connectivity index is 1.96. The van der Waals surface area contributed by atoms with Crippen molar-refractivity contribution in [3.05, 3.63) is 53.2 Å². The third-order valence-corrected chi connectivity index (χ3v) is 3.08. The topological polar surface area (TPSA) is 72.5 Å². The van der Waals surface area contributed by atoms with Crippen LogP contribution in [0.1, 0.15) is 30.5 Å².